The molecule has 20 heavy (non-hydrogen) atoms. The number of aromatic nitrogens is 1. The van der Waals surface area contributed by atoms with E-state index in [1.807, 2.05) is 0 Å². The van der Waals surface area contributed by atoms with Crippen LogP contribution in [0.5, 0.6) is 0 Å². The molecule has 0 unspecified atom stereocenters. The number of rotatable bonds is 3. The Bertz CT molecular complexity index is 622. The van der Waals surface area contributed by atoms with Crippen molar-refractivity contribution in [1.82, 2.24) is 4.98 Å². The summed E-state index contributed by atoms with van der Waals surface area (Å²) in [5.74, 6) is 1.39. The van der Waals surface area contributed by atoms with Gasteiger partial charge in [0.1, 0.15) is 10.7 Å². The zero-order chi connectivity index (χ0) is 13.5. The number of benzene rings is 1. The molecule has 2 N–H and O–H groups in total. The molecule has 1 aromatic heterocycles. The van der Waals surface area contributed by atoms with Crippen molar-refractivity contribution in [2.75, 3.05) is 5.73 Å². The molecule has 0 saturated heterocycles. The normalized spacial score (nSPS) is 19.6. The third-order valence-electron chi connectivity index (χ3n) is 4.61. The van der Waals surface area contributed by atoms with Gasteiger partial charge >= 0.3 is 0 Å². The second kappa shape index (κ2) is 4.88. The first-order valence-electron chi connectivity index (χ1n) is 7.68. The minimum absolute atomic E-state index is 0.657. The molecule has 0 bridgehead atoms. The summed E-state index contributed by atoms with van der Waals surface area (Å²) in [7, 11) is 0. The van der Waals surface area contributed by atoms with Gasteiger partial charge in [-0.1, -0.05) is 37.1 Å². The number of hydrogen-bond acceptors (Lipinski definition) is 3. The van der Waals surface area contributed by atoms with Gasteiger partial charge in [0, 0.05) is 11.5 Å². The van der Waals surface area contributed by atoms with Gasteiger partial charge in [-0.3, -0.25) is 0 Å². The summed E-state index contributed by atoms with van der Waals surface area (Å²) in [6, 6.07) is 8.69. The van der Waals surface area contributed by atoms with Gasteiger partial charge in [0.25, 0.3) is 0 Å². The number of hydrogen-bond donors (Lipinski definition) is 1. The molecule has 2 aromatic rings. The Hall–Kier alpha value is -1.35. The highest BCUT2D eigenvalue weighted by molar-refractivity contribution is 7.16. The van der Waals surface area contributed by atoms with E-state index in [0.29, 0.717) is 5.92 Å². The van der Waals surface area contributed by atoms with E-state index in [0.717, 1.165) is 16.6 Å². The maximum Gasteiger partial charge on any atom is 0.114 e. The van der Waals surface area contributed by atoms with Gasteiger partial charge in [0.2, 0.25) is 0 Å². The van der Waals surface area contributed by atoms with Crippen LogP contribution in [0.3, 0.4) is 0 Å². The van der Waals surface area contributed by atoms with Gasteiger partial charge in [-0.25, -0.2) is 4.98 Å². The van der Waals surface area contributed by atoms with Crippen molar-refractivity contribution in [3.8, 4) is 11.3 Å². The third kappa shape index (κ3) is 2.14. The number of thiazole rings is 1. The van der Waals surface area contributed by atoms with Gasteiger partial charge in [-0.05, 0) is 37.2 Å². The molecule has 0 aliphatic heterocycles. The summed E-state index contributed by atoms with van der Waals surface area (Å²) in [6.07, 6.45) is 7.90. The minimum atomic E-state index is 0.657. The van der Waals surface area contributed by atoms with Crippen LogP contribution < -0.4 is 5.73 Å². The molecular weight excluding hydrogens is 264 g/mol. The highest BCUT2D eigenvalue weighted by Gasteiger charge is 2.28. The standard InChI is InChI=1S/C17H20N2S/c18-16-15(19-17(20-16)12-5-1-2-6-12)14-8-4-3-7-13(14)11-9-10-11/h3-4,7-8,11-12H,1-2,5-6,9-10,18H2. The Morgan fingerprint density at radius 2 is 1.75 bits per heavy atom. The largest absolute Gasteiger partial charge is 0.389 e. The SMILES string of the molecule is Nc1sc(C2CCCC2)nc1-c1ccccc1C1CC1. The van der Waals surface area contributed by atoms with E-state index in [9.17, 15) is 0 Å². The molecule has 0 spiro atoms. The van der Waals surface area contributed by atoms with Crippen molar-refractivity contribution in [3.05, 3.63) is 34.8 Å². The first-order valence-corrected chi connectivity index (χ1v) is 8.50. The van der Waals surface area contributed by atoms with E-state index in [1.54, 1.807) is 11.3 Å². The van der Waals surface area contributed by atoms with Gasteiger partial charge in [0.05, 0.1) is 5.01 Å². The Morgan fingerprint density at radius 1 is 1.00 bits per heavy atom. The van der Waals surface area contributed by atoms with E-state index in [-0.39, 0.29) is 0 Å². The molecule has 0 radical (unpaired) electrons. The van der Waals surface area contributed by atoms with E-state index in [2.05, 4.69) is 24.3 Å². The number of anilines is 1. The van der Waals surface area contributed by atoms with Crippen LogP contribution in [0.15, 0.2) is 24.3 Å². The summed E-state index contributed by atoms with van der Waals surface area (Å²) in [6.45, 7) is 0. The van der Waals surface area contributed by atoms with Crippen molar-refractivity contribution >= 4 is 16.3 Å². The molecule has 2 fully saturated rings. The summed E-state index contributed by atoms with van der Waals surface area (Å²) < 4.78 is 0. The molecule has 0 amide bonds. The van der Waals surface area contributed by atoms with Crippen LogP contribution in [-0.4, -0.2) is 4.98 Å². The molecule has 3 heteroatoms. The first-order chi connectivity index (χ1) is 9.83. The smallest absolute Gasteiger partial charge is 0.114 e. The zero-order valence-electron chi connectivity index (χ0n) is 11.6. The maximum absolute atomic E-state index is 6.29. The van der Waals surface area contributed by atoms with Crippen LogP contribution in [0.4, 0.5) is 5.00 Å². The third-order valence-corrected chi connectivity index (χ3v) is 5.65. The molecule has 2 aliphatic rings. The van der Waals surface area contributed by atoms with Gasteiger partial charge < -0.3 is 5.73 Å². The Balaban J connectivity index is 1.74. The van der Waals surface area contributed by atoms with E-state index in [1.165, 1.54) is 54.7 Å². The van der Waals surface area contributed by atoms with Gasteiger partial charge in [0.15, 0.2) is 0 Å². The number of nitrogens with two attached hydrogens (primary N) is 1. The molecule has 104 valence electrons. The fraction of sp³-hybridized carbons (Fsp3) is 0.471. The van der Waals surface area contributed by atoms with Crippen molar-refractivity contribution in [3.63, 3.8) is 0 Å². The maximum atomic E-state index is 6.29. The van der Waals surface area contributed by atoms with E-state index >= 15 is 0 Å². The second-order valence-corrected chi connectivity index (χ2v) is 7.17. The average Bonchev–Trinajstić information content (AvgIpc) is 3.02. The van der Waals surface area contributed by atoms with Crippen molar-refractivity contribution in [2.45, 2.75) is 50.4 Å². The monoisotopic (exact) mass is 284 g/mol. The van der Waals surface area contributed by atoms with Gasteiger partial charge in [-0.2, -0.15) is 0 Å². The fourth-order valence-corrected chi connectivity index (χ4v) is 4.37. The minimum Gasteiger partial charge on any atom is -0.389 e. The summed E-state index contributed by atoms with van der Waals surface area (Å²) >= 11 is 1.71. The molecule has 2 nitrogen and oxygen atoms in total. The molecule has 4 rings (SSSR count). The summed E-state index contributed by atoms with van der Waals surface area (Å²) in [5, 5.41) is 2.17. The molecule has 0 atom stereocenters. The van der Waals surface area contributed by atoms with Crippen LogP contribution in [0.2, 0.25) is 0 Å². The van der Waals surface area contributed by atoms with Crippen LogP contribution >= 0.6 is 11.3 Å². The Labute approximate surface area is 124 Å². The predicted octanol–water partition coefficient (Wildman–Crippen LogP) is 4.93. The lowest BCUT2D eigenvalue weighted by Gasteiger charge is -2.07. The molecule has 1 aromatic carbocycles. The van der Waals surface area contributed by atoms with Crippen molar-refractivity contribution < 1.29 is 0 Å². The second-order valence-electron chi connectivity index (χ2n) is 6.11. The Morgan fingerprint density at radius 3 is 2.50 bits per heavy atom. The van der Waals surface area contributed by atoms with Crippen LogP contribution in [0.25, 0.3) is 11.3 Å². The fourth-order valence-electron chi connectivity index (χ4n) is 3.35. The van der Waals surface area contributed by atoms with Crippen LogP contribution in [0, 0.1) is 0 Å². The predicted molar refractivity (Wildman–Crippen MR) is 85.1 cm³/mol. The van der Waals surface area contributed by atoms with Crippen LogP contribution in [0.1, 0.15) is 60.9 Å². The first kappa shape index (κ1) is 12.4. The lowest BCUT2D eigenvalue weighted by Crippen LogP contribution is -1.93. The Kier molecular flexibility index (Phi) is 3.03. The van der Waals surface area contributed by atoms with E-state index < -0.39 is 0 Å². The highest BCUT2D eigenvalue weighted by Crippen LogP contribution is 2.47. The molecule has 1 heterocycles. The average molecular weight is 284 g/mol. The van der Waals surface area contributed by atoms with Crippen molar-refractivity contribution in [1.29, 1.82) is 0 Å². The molecule has 2 aliphatic carbocycles. The van der Waals surface area contributed by atoms with Gasteiger partial charge in [-0.15, -0.1) is 11.3 Å². The topological polar surface area (TPSA) is 38.9 Å². The number of nitrogen functional groups attached to an aromatic ring is 1. The number of nitrogens with zero attached hydrogens (tertiary/aromatic N) is 1. The lowest BCUT2D eigenvalue weighted by atomic mass is 10.0. The lowest BCUT2D eigenvalue weighted by molar-refractivity contribution is 0.717. The molecule has 2 saturated carbocycles. The zero-order valence-corrected chi connectivity index (χ0v) is 12.5. The van der Waals surface area contributed by atoms with Crippen LogP contribution in [-0.2, 0) is 0 Å². The highest BCUT2D eigenvalue weighted by atomic mass is 32.1. The summed E-state index contributed by atoms with van der Waals surface area (Å²) in [5.41, 5.74) is 10.0. The molecular formula is C17H20N2S. The summed E-state index contributed by atoms with van der Waals surface area (Å²) in [4.78, 5) is 4.93. The quantitative estimate of drug-likeness (QED) is 0.868. The van der Waals surface area contributed by atoms with E-state index in [4.69, 9.17) is 10.7 Å². The van der Waals surface area contributed by atoms with Crippen molar-refractivity contribution in [2.24, 2.45) is 0 Å².